The Hall–Kier alpha value is -4.58. The summed E-state index contributed by atoms with van der Waals surface area (Å²) < 4.78 is 12.3. The molecule has 0 fully saturated rings. The van der Waals surface area contributed by atoms with Crippen molar-refractivity contribution >= 4 is 46.5 Å². The van der Waals surface area contributed by atoms with Gasteiger partial charge in [0.2, 0.25) is 12.0 Å². The van der Waals surface area contributed by atoms with Crippen LogP contribution in [0.4, 0.5) is 11.4 Å². The van der Waals surface area contributed by atoms with Crippen molar-refractivity contribution in [2.45, 2.75) is 59.3 Å². The van der Waals surface area contributed by atoms with Crippen molar-refractivity contribution < 1.29 is 23.9 Å². The third-order valence-corrected chi connectivity index (χ3v) is 7.75. The van der Waals surface area contributed by atoms with Gasteiger partial charge in [0.25, 0.3) is 5.56 Å². The smallest absolute Gasteiger partial charge is 0.352 e. The number of amides is 1. The number of ether oxygens (including phenoxy) is 2. The van der Waals surface area contributed by atoms with Gasteiger partial charge in [-0.25, -0.2) is 14.8 Å². The van der Waals surface area contributed by atoms with Gasteiger partial charge < -0.3 is 29.6 Å². The Balaban J connectivity index is 0.00000180. The van der Waals surface area contributed by atoms with Gasteiger partial charge in [-0.1, -0.05) is 39.7 Å². The molecule has 0 radical (unpaired) electrons. The van der Waals surface area contributed by atoms with Crippen molar-refractivity contribution in [3.05, 3.63) is 51.3 Å². The molecule has 0 saturated heterocycles. The van der Waals surface area contributed by atoms with Gasteiger partial charge in [0, 0.05) is 24.7 Å². The maximum Gasteiger partial charge on any atom is 0.352 e. The Morgan fingerprint density at radius 3 is 2.72 bits per heavy atom. The zero-order valence-electron chi connectivity index (χ0n) is 24.9. The molecular formula is C31H36N6O6. The standard InChI is InChI=1S/C29H30N6O6.C2H6/c1-3-4-5-9-34-15-31-19-7-6-8-20-24(19)26(34)17-12-35-21(25(17)32-20)10-16-18(28(35)38)14-40-29(39)27(16)41-23(37)13-33(2)22(36)11-30;1-2/h6-8,10,15,27H,3-5,9,11-14,30H2,1-2H3;1-2H3. The van der Waals surface area contributed by atoms with Gasteiger partial charge in [-0.05, 0) is 24.6 Å². The summed E-state index contributed by atoms with van der Waals surface area (Å²) in [5, 5.41) is 0.942. The van der Waals surface area contributed by atoms with E-state index in [0.29, 0.717) is 17.9 Å². The molecule has 1 amide bonds. The molecule has 1 atom stereocenters. The molecule has 5 heterocycles. The fourth-order valence-corrected chi connectivity index (χ4v) is 5.65. The van der Waals surface area contributed by atoms with E-state index in [9.17, 15) is 19.2 Å². The van der Waals surface area contributed by atoms with Crippen LogP contribution in [0.15, 0.2) is 34.1 Å². The molecule has 3 aromatic rings. The van der Waals surface area contributed by atoms with Crippen LogP contribution in [-0.4, -0.2) is 65.3 Å². The van der Waals surface area contributed by atoms with Crippen LogP contribution >= 0.6 is 0 Å². The molecule has 1 aromatic carbocycles. The molecule has 0 saturated carbocycles. The summed E-state index contributed by atoms with van der Waals surface area (Å²) in [7, 11) is 1.41. The number of cyclic esters (lactones) is 1. The van der Waals surface area contributed by atoms with Crippen LogP contribution in [0.3, 0.4) is 0 Å². The van der Waals surface area contributed by atoms with Crippen molar-refractivity contribution in [2.24, 2.45) is 10.7 Å². The van der Waals surface area contributed by atoms with E-state index in [1.165, 1.54) is 7.05 Å². The highest BCUT2D eigenvalue weighted by Crippen LogP contribution is 2.46. The second-order valence-electron chi connectivity index (χ2n) is 10.4. The first-order valence-corrected chi connectivity index (χ1v) is 14.7. The lowest BCUT2D eigenvalue weighted by molar-refractivity contribution is -0.172. The van der Waals surface area contributed by atoms with Gasteiger partial charge in [-0.3, -0.25) is 14.4 Å². The highest BCUT2D eigenvalue weighted by atomic mass is 16.6. The van der Waals surface area contributed by atoms with Crippen LogP contribution in [-0.2, 0) is 37.0 Å². The maximum atomic E-state index is 13.8. The van der Waals surface area contributed by atoms with E-state index in [4.69, 9.17) is 20.2 Å². The van der Waals surface area contributed by atoms with E-state index in [1.807, 2.05) is 38.4 Å². The zero-order valence-corrected chi connectivity index (χ0v) is 24.9. The SMILES string of the molecule is CC.CCCCCN1C=Nc2cccc3nc4c(c1c23)Cn1c-4cc2c(c1=O)COC(=O)C2OC(=O)CN(C)C(=O)CN. The van der Waals surface area contributed by atoms with Crippen molar-refractivity contribution in [1.82, 2.24) is 14.5 Å². The molecule has 12 nitrogen and oxygen atoms in total. The highest BCUT2D eigenvalue weighted by Gasteiger charge is 2.39. The molecule has 226 valence electrons. The number of carbonyl (C=O) groups is 3. The third-order valence-electron chi connectivity index (χ3n) is 7.75. The number of aromatic nitrogens is 2. The number of rotatable bonds is 8. The zero-order chi connectivity index (χ0) is 30.8. The monoisotopic (exact) mass is 588 g/mol. The number of pyridine rings is 2. The molecule has 43 heavy (non-hydrogen) atoms. The van der Waals surface area contributed by atoms with Crippen molar-refractivity contribution in [2.75, 3.05) is 31.6 Å². The number of anilines is 1. The molecule has 1 unspecified atom stereocenters. The van der Waals surface area contributed by atoms with Gasteiger partial charge in [-0.15, -0.1) is 0 Å². The Labute approximate surface area is 249 Å². The Morgan fingerprint density at radius 1 is 1.19 bits per heavy atom. The minimum absolute atomic E-state index is 0.231. The van der Waals surface area contributed by atoms with Crippen LogP contribution in [0.5, 0.6) is 0 Å². The second kappa shape index (κ2) is 12.3. The number of carbonyl (C=O) groups excluding carboxylic acids is 3. The predicted molar refractivity (Wildman–Crippen MR) is 162 cm³/mol. The summed E-state index contributed by atoms with van der Waals surface area (Å²) >= 11 is 0. The summed E-state index contributed by atoms with van der Waals surface area (Å²) in [5.41, 5.74) is 10.2. The number of nitrogens with zero attached hydrogens (tertiary/aromatic N) is 5. The van der Waals surface area contributed by atoms with E-state index in [-0.39, 0.29) is 29.8 Å². The molecule has 3 aliphatic rings. The van der Waals surface area contributed by atoms with Gasteiger partial charge in [-0.2, -0.15) is 0 Å². The van der Waals surface area contributed by atoms with Crippen LogP contribution in [0, 0.1) is 0 Å². The first kappa shape index (κ1) is 29.9. The number of unbranched alkanes of at least 4 members (excludes halogenated alkanes) is 2. The van der Waals surface area contributed by atoms with Crippen LogP contribution in [0.1, 0.15) is 62.8 Å². The second-order valence-corrected chi connectivity index (χ2v) is 10.4. The van der Waals surface area contributed by atoms with Crippen molar-refractivity contribution in [1.29, 1.82) is 0 Å². The van der Waals surface area contributed by atoms with E-state index >= 15 is 0 Å². The molecular weight excluding hydrogens is 552 g/mol. The van der Waals surface area contributed by atoms with E-state index in [1.54, 1.807) is 10.6 Å². The first-order valence-electron chi connectivity index (χ1n) is 14.7. The van der Waals surface area contributed by atoms with Gasteiger partial charge in [0.05, 0.1) is 58.7 Å². The Morgan fingerprint density at radius 2 is 1.98 bits per heavy atom. The minimum Gasteiger partial charge on any atom is -0.458 e. The van der Waals surface area contributed by atoms with E-state index in [0.717, 1.165) is 58.5 Å². The van der Waals surface area contributed by atoms with Crippen molar-refractivity contribution in [3.63, 3.8) is 0 Å². The number of fused-ring (bicyclic) bond motifs is 5. The van der Waals surface area contributed by atoms with Crippen LogP contribution in [0.25, 0.3) is 22.3 Å². The molecule has 2 aromatic heterocycles. The third kappa shape index (κ3) is 5.27. The predicted octanol–water partition coefficient (Wildman–Crippen LogP) is 3.18. The van der Waals surface area contributed by atoms with Crippen LogP contribution in [0.2, 0.25) is 0 Å². The van der Waals surface area contributed by atoms with E-state index < -0.39 is 30.5 Å². The number of nitrogens with two attached hydrogens (primary N) is 1. The number of benzene rings is 1. The molecule has 6 rings (SSSR count). The summed E-state index contributed by atoms with van der Waals surface area (Å²) in [6, 6.07) is 7.47. The largest absolute Gasteiger partial charge is 0.458 e. The number of likely N-dealkylation sites (N-methyl/N-ethyl adjacent to an activating group) is 1. The average molecular weight is 589 g/mol. The molecule has 0 aliphatic carbocycles. The first-order chi connectivity index (χ1) is 20.8. The number of esters is 2. The molecule has 12 heteroatoms. The van der Waals surface area contributed by atoms with Gasteiger partial charge in [0.1, 0.15) is 13.2 Å². The maximum absolute atomic E-state index is 13.8. The summed E-state index contributed by atoms with van der Waals surface area (Å²) in [5.74, 6) is -2.07. The van der Waals surface area contributed by atoms with E-state index in [2.05, 4.69) is 16.8 Å². The number of hydrogen-bond acceptors (Lipinski definition) is 10. The molecule has 0 bridgehead atoms. The van der Waals surface area contributed by atoms with Gasteiger partial charge >= 0.3 is 11.9 Å². The molecule has 2 N–H and O–H groups in total. The Kier molecular flexibility index (Phi) is 8.58. The lowest BCUT2D eigenvalue weighted by Gasteiger charge is -2.27. The summed E-state index contributed by atoms with van der Waals surface area (Å²) in [6.45, 7) is 6.32. The topological polar surface area (TPSA) is 149 Å². The normalized spacial score (nSPS) is 15.6. The summed E-state index contributed by atoms with van der Waals surface area (Å²) in [6.07, 6.45) is 3.56. The summed E-state index contributed by atoms with van der Waals surface area (Å²) in [4.78, 5) is 63.9. The van der Waals surface area contributed by atoms with Gasteiger partial charge in [0.15, 0.2) is 0 Å². The van der Waals surface area contributed by atoms with Crippen LogP contribution < -0.4 is 16.2 Å². The minimum atomic E-state index is -1.45. The molecule has 0 spiro atoms. The fraction of sp³-hybridized carbons (Fsp3) is 0.419. The number of aliphatic imine (C=N–C) groups is 1. The average Bonchev–Trinajstić information content (AvgIpc) is 3.39. The Bertz CT molecular complexity index is 1700. The fourth-order valence-electron chi connectivity index (χ4n) is 5.65. The van der Waals surface area contributed by atoms with Crippen molar-refractivity contribution in [3.8, 4) is 11.4 Å². The number of hydrogen-bond donors (Lipinski definition) is 1. The molecule has 3 aliphatic heterocycles. The highest BCUT2D eigenvalue weighted by molar-refractivity contribution is 6.11. The quantitative estimate of drug-likeness (QED) is 0.242. The lowest BCUT2D eigenvalue weighted by Crippen LogP contribution is -2.39. The lowest BCUT2D eigenvalue weighted by atomic mass is 9.99.